The van der Waals surface area contributed by atoms with E-state index in [0.717, 1.165) is 25.3 Å². The van der Waals surface area contributed by atoms with Crippen molar-refractivity contribution in [2.45, 2.75) is 51.0 Å². The van der Waals surface area contributed by atoms with Gasteiger partial charge in [-0.3, -0.25) is 4.79 Å². The molecule has 0 aliphatic heterocycles. The number of carbonyl (C=O) groups excluding carboxylic acids is 1. The van der Waals surface area contributed by atoms with Crippen molar-refractivity contribution in [3.63, 3.8) is 0 Å². The molecule has 3 N–H and O–H groups in total. The van der Waals surface area contributed by atoms with E-state index in [1.54, 1.807) is 0 Å². The van der Waals surface area contributed by atoms with E-state index in [4.69, 9.17) is 5.73 Å². The molecule has 19 heavy (non-hydrogen) atoms. The van der Waals surface area contributed by atoms with Crippen molar-refractivity contribution in [1.82, 2.24) is 5.32 Å². The first-order valence-corrected chi connectivity index (χ1v) is 8.20. The molecule has 1 saturated carbocycles. The van der Waals surface area contributed by atoms with Crippen LogP contribution < -0.4 is 11.1 Å². The van der Waals surface area contributed by atoms with Crippen molar-refractivity contribution in [2.75, 3.05) is 6.54 Å². The fourth-order valence-electron chi connectivity index (χ4n) is 2.94. The zero-order chi connectivity index (χ0) is 13.5. The van der Waals surface area contributed by atoms with Gasteiger partial charge in [0.05, 0.1) is 0 Å². The first kappa shape index (κ1) is 14.5. The summed E-state index contributed by atoms with van der Waals surface area (Å²) >= 11 is 1.85. The topological polar surface area (TPSA) is 55.1 Å². The summed E-state index contributed by atoms with van der Waals surface area (Å²) in [6, 6.07) is 4.89. The molecule has 1 fully saturated rings. The van der Waals surface area contributed by atoms with Gasteiger partial charge in [0, 0.05) is 17.3 Å². The third-order valence-electron chi connectivity index (χ3n) is 3.94. The Morgan fingerprint density at radius 1 is 1.42 bits per heavy atom. The largest absolute Gasteiger partial charge is 0.370 e. The highest BCUT2D eigenvalue weighted by atomic mass is 32.1. The van der Waals surface area contributed by atoms with E-state index in [0.29, 0.717) is 12.5 Å². The lowest BCUT2D eigenvalue weighted by atomic mass is 9.96. The monoisotopic (exact) mass is 280 g/mol. The number of carbonyl (C=O) groups is 1. The zero-order valence-electron chi connectivity index (χ0n) is 11.4. The highest BCUT2D eigenvalue weighted by Gasteiger charge is 2.26. The lowest BCUT2D eigenvalue weighted by Gasteiger charge is -2.24. The summed E-state index contributed by atoms with van der Waals surface area (Å²) in [5.74, 6) is 0.598. The number of unbranched alkanes of at least 4 members (excludes halogenated alkanes) is 1. The smallest absolute Gasteiger partial charge is 0.217 e. The molecule has 0 bridgehead atoms. The van der Waals surface area contributed by atoms with Gasteiger partial charge in [0.15, 0.2) is 0 Å². The fourth-order valence-corrected chi connectivity index (χ4v) is 3.83. The Labute approximate surface area is 119 Å². The molecular weight excluding hydrogens is 256 g/mol. The Kier molecular flexibility index (Phi) is 5.86. The standard InChI is InChI=1S/C15H24N2OS/c16-14(18)9-3-4-10-17-15(12-6-1-2-7-12)13-8-5-11-19-13/h5,8,11-12,15,17H,1-4,6-7,9-10H2,(H2,16,18). The maximum absolute atomic E-state index is 10.7. The third kappa shape index (κ3) is 4.62. The Morgan fingerprint density at radius 3 is 2.84 bits per heavy atom. The van der Waals surface area contributed by atoms with E-state index < -0.39 is 0 Å². The Bertz CT molecular complexity index is 372. The molecule has 106 valence electrons. The first-order valence-electron chi connectivity index (χ1n) is 7.32. The van der Waals surface area contributed by atoms with Gasteiger partial charge in [-0.25, -0.2) is 0 Å². The second-order valence-electron chi connectivity index (χ2n) is 5.42. The van der Waals surface area contributed by atoms with Crippen LogP contribution in [0.25, 0.3) is 0 Å². The number of primary amides is 1. The number of nitrogens with two attached hydrogens (primary N) is 1. The minimum absolute atomic E-state index is 0.189. The molecule has 1 heterocycles. The fraction of sp³-hybridized carbons (Fsp3) is 0.667. The van der Waals surface area contributed by atoms with Crippen molar-refractivity contribution in [3.05, 3.63) is 22.4 Å². The predicted molar refractivity (Wildman–Crippen MR) is 80.1 cm³/mol. The van der Waals surface area contributed by atoms with E-state index in [-0.39, 0.29) is 5.91 Å². The van der Waals surface area contributed by atoms with Crippen LogP contribution in [0.5, 0.6) is 0 Å². The van der Waals surface area contributed by atoms with E-state index >= 15 is 0 Å². The van der Waals surface area contributed by atoms with Crippen LogP contribution in [0.3, 0.4) is 0 Å². The molecule has 1 unspecified atom stereocenters. The molecule has 1 aromatic rings. The Hall–Kier alpha value is -0.870. The number of nitrogens with one attached hydrogen (secondary N) is 1. The third-order valence-corrected chi connectivity index (χ3v) is 4.89. The molecule has 1 aliphatic carbocycles. The summed E-state index contributed by atoms with van der Waals surface area (Å²) in [7, 11) is 0. The van der Waals surface area contributed by atoms with Crippen LogP contribution in [0.15, 0.2) is 17.5 Å². The number of thiophene rings is 1. The van der Waals surface area contributed by atoms with Gasteiger partial charge in [-0.15, -0.1) is 11.3 Å². The van der Waals surface area contributed by atoms with Crippen LogP contribution in [-0.4, -0.2) is 12.5 Å². The maximum atomic E-state index is 10.7. The second-order valence-corrected chi connectivity index (χ2v) is 6.39. The van der Waals surface area contributed by atoms with Gasteiger partial charge < -0.3 is 11.1 Å². The van der Waals surface area contributed by atoms with Crippen LogP contribution in [0.1, 0.15) is 55.9 Å². The van der Waals surface area contributed by atoms with Crippen LogP contribution >= 0.6 is 11.3 Å². The van der Waals surface area contributed by atoms with Gasteiger partial charge in [0.1, 0.15) is 0 Å². The molecule has 1 atom stereocenters. The molecule has 1 aromatic heterocycles. The van der Waals surface area contributed by atoms with Crippen molar-refractivity contribution in [1.29, 1.82) is 0 Å². The normalized spacial score (nSPS) is 17.7. The average molecular weight is 280 g/mol. The van der Waals surface area contributed by atoms with Gasteiger partial charge in [0.2, 0.25) is 5.91 Å². The van der Waals surface area contributed by atoms with E-state index in [2.05, 4.69) is 22.8 Å². The lowest BCUT2D eigenvalue weighted by Crippen LogP contribution is -2.27. The van der Waals surface area contributed by atoms with Crippen LogP contribution in [0.4, 0.5) is 0 Å². The number of rotatable bonds is 8. The summed E-state index contributed by atoms with van der Waals surface area (Å²) in [5, 5.41) is 5.85. The Balaban J connectivity index is 1.79. The van der Waals surface area contributed by atoms with E-state index in [1.165, 1.54) is 30.6 Å². The van der Waals surface area contributed by atoms with Crippen molar-refractivity contribution >= 4 is 17.2 Å². The predicted octanol–water partition coefficient (Wildman–Crippen LogP) is 3.22. The van der Waals surface area contributed by atoms with Crippen LogP contribution in [0.2, 0.25) is 0 Å². The van der Waals surface area contributed by atoms with Gasteiger partial charge in [-0.05, 0) is 49.6 Å². The van der Waals surface area contributed by atoms with Crippen molar-refractivity contribution in [3.8, 4) is 0 Å². The van der Waals surface area contributed by atoms with Gasteiger partial charge in [0.25, 0.3) is 0 Å². The van der Waals surface area contributed by atoms with Crippen LogP contribution in [0, 0.1) is 5.92 Å². The SMILES string of the molecule is NC(=O)CCCCNC(c1cccs1)C1CCCC1. The van der Waals surface area contributed by atoms with Gasteiger partial charge >= 0.3 is 0 Å². The highest BCUT2D eigenvalue weighted by molar-refractivity contribution is 7.10. The molecule has 4 heteroatoms. The zero-order valence-corrected chi connectivity index (χ0v) is 12.3. The average Bonchev–Trinajstić information content (AvgIpc) is 3.06. The molecule has 2 rings (SSSR count). The summed E-state index contributed by atoms with van der Waals surface area (Å²) in [6.07, 6.45) is 7.86. The van der Waals surface area contributed by atoms with Crippen molar-refractivity contribution < 1.29 is 4.79 Å². The summed E-state index contributed by atoms with van der Waals surface area (Å²) in [4.78, 5) is 12.2. The minimum atomic E-state index is -0.189. The molecule has 0 aromatic carbocycles. The second kappa shape index (κ2) is 7.65. The maximum Gasteiger partial charge on any atom is 0.217 e. The van der Waals surface area contributed by atoms with E-state index in [9.17, 15) is 4.79 Å². The first-order chi connectivity index (χ1) is 9.27. The van der Waals surface area contributed by atoms with Gasteiger partial charge in [-0.1, -0.05) is 18.9 Å². The summed E-state index contributed by atoms with van der Waals surface area (Å²) < 4.78 is 0. The van der Waals surface area contributed by atoms with E-state index in [1.807, 2.05) is 11.3 Å². The summed E-state index contributed by atoms with van der Waals surface area (Å²) in [6.45, 7) is 0.979. The van der Waals surface area contributed by atoms with Crippen molar-refractivity contribution in [2.24, 2.45) is 11.7 Å². The van der Waals surface area contributed by atoms with Gasteiger partial charge in [-0.2, -0.15) is 0 Å². The molecule has 1 amide bonds. The number of amides is 1. The molecular formula is C15H24N2OS. The quantitative estimate of drug-likeness (QED) is 0.718. The number of hydrogen-bond acceptors (Lipinski definition) is 3. The summed E-state index contributed by atoms with van der Waals surface area (Å²) in [5.41, 5.74) is 5.15. The number of hydrogen-bond donors (Lipinski definition) is 2. The van der Waals surface area contributed by atoms with Crippen LogP contribution in [-0.2, 0) is 4.79 Å². The molecule has 3 nitrogen and oxygen atoms in total. The molecule has 0 saturated heterocycles. The molecule has 0 spiro atoms. The molecule has 0 radical (unpaired) electrons. The highest BCUT2D eigenvalue weighted by Crippen LogP contribution is 2.37. The molecule has 1 aliphatic rings. The lowest BCUT2D eigenvalue weighted by molar-refractivity contribution is -0.118. The Morgan fingerprint density at radius 2 is 2.21 bits per heavy atom. The minimum Gasteiger partial charge on any atom is -0.370 e.